The van der Waals surface area contributed by atoms with Crippen molar-refractivity contribution in [1.82, 2.24) is 5.32 Å². The number of nitrogens with zero attached hydrogens (tertiary/aromatic N) is 2. The minimum Gasteiger partial charge on any atom is -0.477 e. The molecule has 1 aliphatic rings. The van der Waals surface area contributed by atoms with Crippen molar-refractivity contribution < 1.29 is 14.3 Å². The van der Waals surface area contributed by atoms with Gasteiger partial charge in [-0.3, -0.25) is 9.59 Å². The molecule has 0 aromatic heterocycles. The third-order valence-electron chi connectivity index (χ3n) is 4.18. The van der Waals surface area contributed by atoms with Crippen LogP contribution in [0.4, 0.5) is 11.4 Å². The first-order chi connectivity index (χ1) is 12.1. The van der Waals surface area contributed by atoms with Crippen molar-refractivity contribution in [3.8, 4) is 5.75 Å². The van der Waals surface area contributed by atoms with Crippen molar-refractivity contribution in [2.24, 2.45) is 0 Å². The zero-order valence-electron chi connectivity index (χ0n) is 14.3. The Bertz CT molecular complexity index is 764. The minimum atomic E-state index is -0.717. The Morgan fingerprint density at radius 3 is 2.56 bits per heavy atom. The Morgan fingerprint density at radius 1 is 1.16 bits per heavy atom. The maximum Gasteiger partial charge on any atom is 0.262 e. The Morgan fingerprint density at radius 2 is 1.84 bits per heavy atom. The standard InChI is InChI=1S/C19H21N3O3/c1-20-19(24)17-12-22(15-10-6-7-11-16(15)25-17)18(23)13-21(2)14-8-4-3-5-9-14/h3-11,17H,12-13H2,1-2H3,(H,20,24)/t17-/m1/s1. The summed E-state index contributed by atoms with van der Waals surface area (Å²) >= 11 is 0. The number of fused-ring (bicyclic) bond motifs is 1. The van der Waals surface area contributed by atoms with Crippen LogP contribution in [0.2, 0.25) is 0 Å². The van der Waals surface area contributed by atoms with Crippen molar-refractivity contribution in [2.75, 3.05) is 37.0 Å². The van der Waals surface area contributed by atoms with Gasteiger partial charge in [-0.25, -0.2) is 0 Å². The van der Waals surface area contributed by atoms with Crippen molar-refractivity contribution in [3.63, 3.8) is 0 Å². The molecule has 1 atom stereocenters. The molecule has 130 valence electrons. The number of para-hydroxylation sites is 3. The van der Waals surface area contributed by atoms with E-state index in [2.05, 4.69) is 5.32 Å². The number of hydrogen-bond donors (Lipinski definition) is 1. The highest BCUT2D eigenvalue weighted by Crippen LogP contribution is 2.33. The predicted molar refractivity (Wildman–Crippen MR) is 97.0 cm³/mol. The quantitative estimate of drug-likeness (QED) is 0.920. The van der Waals surface area contributed by atoms with Gasteiger partial charge in [-0.15, -0.1) is 0 Å². The third kappa shape index (κ3) is 3.57. The predicted octanol–water partition coefficient (Wildman–Crippen LogP) is 1.66. The van der Waals surface area contributed by atoms with Gasteiger partial charge >= 0.3 is 0 Å². The van der Waals surface area contributed by atoms with Gasteiger partial charge in [0, 0.05) is 19.8 Å². The number of nitrogens with one attached hydrogen (secondary N) is 1. The number of likely N-dealkylation sites (N-methyl/N-ethyl adjacent to an activating group) is 2. The molecular weight excluding hydrogens is 318 g/mol. The van der Waals surface area contributed by atoms with Crippen LogP contribution in [0.1, 0.15) is 0 Å². The fourth-order valence-corrected chi connectivity index (χ4v) is 2.83. The molecule has 25 heavy (non-hydrogen) atoms. The van der Waals surface area contributed by atoms with E-state index in [1.165, 1.54) is 0 Å². The molecule has 0 fully saturated rings. The number of ether oxygens (including phenoxy) is 1. The van der Waals surface area contributed by atoms with Gasteiger partial charge in [-0.2, -0.15) is 0 Å². The van der Waals surface area contributed by atoms with Crippen LogP contribution in [0.5, 0.6) is 5.75 Å². The molecule has 6 heteroatoms. The molecule has 2 aromatic rings. The van der Waals surface area contributed by atoms with Crippen LogP contribution in [0.25, 0.3) is 0 Å². The van der Waals surface area contributed by atoms with E-state index in [1.54, 1.807) is 18.0 Å². The van der Waals surface area contributed by atoms with E-state index in [0.29, 0.717) is 11.4 Å². The zero-order chi connectivity index (χ0) is 17.8. The smallest absolute Gasteiger partial charge is 0.262 e. The van der Waals surface area contributed by atoms with E-state index in [0.717, 1.165) is 5.69 Å². The third-order valence-corrected chi connectivity index (χ3v) is 4.18. The summed E-state index contributed by atoms with van der Waals surface area (Å²) in [4.78, 5) is 28.4. The first kappa shape index (κ1) is 16.8. The summed E-state index contributed by atoms with van der Waals surface area (Å²) < 4.78 is 5.74. The van der Waals surface area contributed by atoms with Gasteiger partial charge in [-0.1, -0.05) is 30.3 Å². The Hall–Kier alpha value is -3.02. The molecule has 1 aliphatic heterocycles. The lowest BCUT2D eigenvalue weighted by atomic mass is 10.1. The number of carbonyl (C=O) groups is 2. The number of rotatable bonds is 4. The van der Waals surface area contributed by atoms with Crippen LogP contribution in [-0.4, -0.2) is 45.1 Å². The van der Waals surface area contributed by atoms with Crippen molar-refractivity contribution in [3.05, 3.63) is 54.6 Å². The van der Waals surface area contributed by atoms with Gasteiger partial charge in [-0.05, 0) is 24.3 Å². The van der Waals surface area contributed by atoms with Crippen LogP contribution < -0.4 is 19.9 Å². The molecule has 0 aliphatic carbocycles. The van der Waals surface area contributed by atoms with Crippen LogP contribution in [0.15, 0.2) is 54.6 Å². The molecule has 0 radical (unpaired) electrons. The molecular formula is C19H21N3O3. The summed E-state index contributed by atoms with van der Waals surface area (Å²) in [6, 6.07) is 17.0. The number of carbonyl (C=O) groups excluding carboxylic acids is 2. The molecule has 1 N–H and O–H groups in total. The van der Waals surface area contributed by atoms with E-state index in [4.69, 9.17) is 4.74 Å². The van der Waals surface area contributed by atoms with Crippen LogP contribution >= 0.6 is 0 Å². The average molecular weight is 339 g/mol. The second-order valence-electron chi connectivity index (χ2n) is 5.88. The van der Waals surface area contributed by atoms with E-state index in [-0.39, 0.29) is 24.9 Å². The van der Waals surface area contributed by atoms with Gasteiger partial charge in [0.05, 0.1) is 18.8 Å². The lowest BCUT2D eigenvalue weighted by molar-refractivity contribution is -0.127. The molecule has 0 saturated heterocycles. The molecule has 3 rings (SSSR count). The zero-order valence-corrected chi connectivity index (χ0v) is 14.3. The molecule has 0 saturated carbocycles. The Labute approximate surface area is 147 Å². The lowest BCUT2D eigenvalue weighted by Crippen LogP contribution is -2.52. The normalized spacial score (nSPS) is 15.8. The number of hydrogen-bond acceptors (Lipinski definition) is 4. The fraction of sp³-hybridized carbons (Fsp3) is 0.263. The first-order valence-corrected chi connectivity index (χ1v) is 8.14. The molecule has 2 aromatic carbocycles. The molecule has 0 spiro atoms. The molecule has 0 unspecified atom stereocenters. The maximum atomic E-state index is 12.9. The number of amides is 2. The van der Waals surface area contributed by atoms with E-state index in [9.17, 15) is 9.59 Å². The van der Waals surface area contributed by atoms with Crippen LogP contribution in [0, 0.1) is 0 Å². The van der Waals surface area contributed by atoms with Crippen molar-refractivity contribution >= 4 is 23.2 Å². The topological polar surface area (TPSA) is 61.9 Å². The van der Waals surface area contributed by atoms with E-state index >= 15 is 0 Å². The monoisotopic (exact) mass is 339 g/mol. The highest BCUT2D eigenvalue weighted by atomic mass is 16.5. The summed E-state index contributed by atoms with van der Waals surface area (Å²) in [5.41, 5.74) is 1.65. The second kappa shape index (κ2) is 7.25. The summed E-state index contributed by atoms with van der Waals surface area (Å²) in [6.07, 6.45) is -0.717. The summed E-state index contributed by atoms with van der Waals surface area (Å²) in [5, 5.41) is 2.58. The first-order valence-electron chi connectivity index (χ1n) is 8.14. The van der Waals surface area contributed by atoms with Gasteiger partial charge in [0.25, 0.3) is 5.91 Å². The molecule has 1 heterocycles. The lowest BCUT2D eigenvalue weighted by Gasteiger charge is -2.35. The minimum absolute atomic E-state index is 0.0870. The van der Waals surface area contributed by atoms with Gasteiger partial charge < -0.3 is 19.9 Å². The Balaban J connectivity index is 1.81. The van der Waals surface area contributed by atoms with Gasteiger partial charge in [0.1, 0.15) is 5.75 Å². The van der Waals surface area contributed by atoms with Crippen molar-refractivity contribution in [1.29, 1.82) is 0 Å². The SMILES string of the molecule is CNC(=O)[C@H]1CN(C(=O)CN(C)c2ccccc2)c2ccccc2O1. The van der Waals surface area contributed by atoms with Gasteiger partial charge in [0.15, 0.2) is 6.10 Å². The highest BCUT2D eigenvalue weighted by molar-refractivity contribution is 5.99. The highest BCUT2D eigenvalue weighted by Gasteiger charge is 2.33. The Kier molecular flexibility index (Phi) is 4.88. The van der Waals surface area contributed by atoms with Crippen molar-refractivity contribution in [2.45, 2.75) is 6.10 Å². The summed E-state index contributed by atoms with van der Waals surface area (Å²) in [6.45, 7) is 0.400. The molecule has 0 bridgehead atoms. The molecule has 6 nitrogen and oxygen atoms in total. The number of anilines is 2. The summed E-state index contributed by atoms with van der Waals surface area (Å²) in [7, 11) is 3.43. The largest absolute Gasteiger partial charge is 0.477 e. The van der Waals surface area contributed by atoms with Crippen LogP contribution in [-0.2, 0) is 9.59 Å². The van der Waals surface area contributed by atoms with Crippen LogP contribution in [0.3, 0.4) is 0 Å². The van der Waals surface area contributed by atoms with E-state index < -0.39 is 6.10 Å². The van der Waals surface area contributed by atoms with E-state index in [1.807, 2.05) is 60.5 Å². The van der Waals surface area contributed by atoms with Gasteiger partial charge in [0.2, 0.25) is 5.91 Å². The fourth-order valence-electron chi connectivity index (χ4n) is 2.83. The summed E-state index contributed by atoms with van der Waals surface area (Å²) in [5.74, 6) is 0.206. The molecule has 2 amide bonds. The maximum absolute atomic E-state index is 12.9. The second-order valence-corrected chi connectivity index (χ2v) is 5.88. The average Bonchev–Trinajstić information content (AvgIpc) is 2.67. The number of benzene rings is 2.